The van der Waals surface area contributed by atoms with Gasteiger partial charge in [0.05, 0.1) is 16.4 Å². The van der Waals surface area contributed by atoms with Crippen molar-refractivity contribution in [3.63, 3.8) is 0 Å². The average molecular weight is 276 g/mol. The zero-order valence-electron chi connectivity index (χ0n) is 11.2. The Hall–Kier alpha value is -1.32. The van der Waals surface area contributed by atoms with Crippen LogP contribution in [0.15, 0.2) is 24.3 Å². The molecule has 1 heterocycles. The number of nitrogens with zero attached hydrogens (tertiary/aromatic N) is 2. The van der Waals surface area contributed by atoms with E-state index in [2.05, 4.69) is 29.4 Å². The summed E-state index contributed by atoms with van der Waals surface area (Å²) < 4.78 is 1.88. The van der Waals surface area contributed by atoms with Crippen LogP contribution in [0.2, 0.25) is 5.02 Å². The van der Waals surface area contributed by atoms with Gasteiger partial charge in [-0.15, -0.1) is 0 Å². The van der Waals surface area contributed by atoms with Crippen molar-refractivity contribution < 1.29 is 0 Å². The van der Waals surface area contributed by atoms with Crippen molar-refractivity contribution in [2.45, 2.75) is 25.8 Å². The van der Waals surface area contributed by atoms with Gasteiger partial charge in [-0.25, -0.2) is 0 Å². The maximum atomic E-state index is 6.37. The number of aryl methyl sites for hydroxylation is 2. The van der Waals surface area contributed by atoms with Crippen LogP contribution in [0.1, 0.15) is 28.6 Å². The fourth-order valence-corrected chi connectivity index (χ4v) is 3.30. The van der Waals surface area contributed by atoms with Crippen molar-refractivity contribution in [2.75, 3.05) is 0 Å². The normalized spacial score (nSPS) is 21.7. The lowest BCUT2D eigenvalue weighted by molar-refractivity contribution is 0.451. The third-order valence-electron chi connectivity index (χ3n) is 4.12. The lowest BCUT2D eigenvalue weighted by Crippen LogP contribution is -2.20. The summed E-state index contributed by atoms with van der Waals surface area (Å²) in [5, 5.41) is 5.15. The lowest BCUT2D eigenvalue weighted by Gasteiger charge is -2.16. The summed E-state index contributed by atoms with van der Waals surface area (Å²) >= 11 is 6.33. The van der Waals surface area contributed by atoms with Crippen molar-refractivity contribution in [3.05, 3.63) is 51.8 Å². The molecule has 0 saturated heterocycles. The molecule has 0 amide bonds. The molecule has 0 saturated carbocycles. The van der Waals surface area contributed by atoms with Crippen molar-refractivity contribution in [2.24, 2.45) is 18.7 Å². The van der Waals surface area contributed by atoms with Crippen LogP contribution in [0, 0.1) is 12.8 Å². The fraction of sp³-hybridized carbons (Fsp3) is 0.400. The molecule has 0 fully saturated rings. The Morgan fingerprint density at radius 3 is 2.79 bits per heavy atom. The van der Waals surface area contributed by atoms with E-state index in [0.717, 1.165) is 29.3 Å². The SMILES string of the molecule is Cc1nn(C)c(CC2Cc3ccccc3C2N)c1Cl. The lowest BCUT2D eigenvalue weighted by atomic mass is 9.96. The largest absolute Gasteiger partial charge is 0.324 e. The highest BCUT2D eigenvalue weighted by Gasteiger charge is 2.30. The molecule has 0 aliphatic heterocycles. The van der Waals surface area contributed by atoms with Crippen LogP contribution in [0.5, 0.6) is 0 Å². The number of hydrogen-bond donors (Lipinski definition) is 1. The highest BCUT2D eigenvalue weighted by molar-refractivity contribution is 6.31. The molecule has 1 aliphatic carbocycles. The highest BCUT2D eigenvalue weighted by Crippen LogP contribution is 2.37. The molecule has 4 heteroatoms. The van der Waals surface area contributed by atoms with Gasteiger partial charge in [-0.05, 0) is 36.8 Å². The van der Waals surface area contributed by atoms with Gasteiger partial charge in [0.15, 0.2) is 0 Å². The van der Waals surface area contributed by atoms with Gasteiger partial charge in [-0.3, -0.25) is 4.68 Å². The number of benzene rings is 1. The van der Waals surface area contributed by atoms with Crippen molar-refractivity contribution >= 4 is 11.6 Å². The molecular formula is C15H18ClN3. The molecule has 0 radical (unpaired) electrons. The number of aromatic nitrogens is 2. The number of rotatable bonds is 2. The first kappa shape index (κ1) is 12.7. The standard InChI is InChI=1S/C15H18ClN3/c1-9-14(16)13(19(2)18-9)8-11-7-10-5-3-4-6-12(10)15(11)17/h3-6,11,15H,7-8,17H2,1-2H3. The Bertz CT molecular complexity index is 618. The van der Waals surface area contributed by atoms with E-state index in [1.165, 1.54) is 11.1 Å². The zero-order valence-corrected chi connectivity index (χ0v) is 12.0. The van der Waals surface area contributed by atoms with Gasteiger partial charge in [0.25, 0.3) is 0 Å². The molecule has 19 heavy (non-hydrogen) atoms. The molecule has 3 rings (SSSR count). The molecule has 100 valence electrons. The van der Waals surface area contributed by atoms with Crippen LogP contribution in [0.3, 0.4) is 0 Å². The molecule has 2 atom stereocenters. The second-order valence-corrected chi connectivity index (χ2v) is 5.74. The third-order valence-corrected chi connectivity index (χ3v) is 4.61. The van der Waals surface area contributed by atoms with Gasteiger partial charge in [0.1, 0.15) is 0 Å². The molecule has 0 spiro atoms. The molecule has 3 nitrogen and oxygen atoms in total. The first-order valence-electron chi connectivity index (χ1n) is 6.59. The summed E-state index contributed by atoms with van der Waals surface area (Å²) in [6, 6.07) is 8.54. The predicted molar refractivity (Wildman–Crippen MR) is 77.2 cm³/mol. The van der Waals surface area contributed by atoms with Gasteiger partial charge in [0.2, 0.25) is 0 Å². The summed E-state index contributed by atoms with van der Waals surface area (Å²) in [6.45, 7) is 1.94. The minimum absolute atomic E-state index is 0.0995. The van der Waals surface area contributed by atoms with Crippen LogP contribution >= 0.6 is 11.6 Å². The maximum Gasteiger partial charge on any atom is 0.0847 e. The van der Waals surface area contributed by atoms with Gasteiger partial charge >= 0.3 is 0 Å². The Morgan fingerprint density at radius 2 is 2.16 bits per heavy atom. The van der Waals surface area contributed by atoms with E-state index in [9.17, 15) is 0 Å². The van der Waals surface area contributed by atoms with Crippen molar-refractivity contribution in [1.82, 2.24) is 9.78 Å². The Labute approximate surface area is 118 Å². The number of nitrogens with two attached hydrogens (primary N) is 1. The highest BCUT2D eigenvalue weighted by atomic mass is 35.5. The zero-order chi connectivity index (χ0) is 13.6. The van der Waals surface area contributed by atoms with Crippen LogP contribution < -0.4 is 5.73 Å². The molecule has 2 unspecified atom stereocenters. The van der Waals surface area contributed by atoms with Gasteiger partial charge < -0.3 is 5.73 Å². The summed E-state index contributed by atoms with van der Waals surface area (Å²) in [7, 11) is 1.95. The molecule has 1 aromatic heterocycles. The monoisotopic (exact) mass is 275 g/mol. The van der Waals surface area contributed by atoms with E-state index in [4.69, 9.17) is 17.3 Å². The molecular weight excluding hydrogens is 258 g/mol. The number of halogens is 1. The van der Waals surface area contributed by atoms with Gasteiger partial charge in [-0.2, -0.15) is 5.10 Å². The predicted octanol–water partition coefficient (Wildman–Crippen LogP) is 2.80. The molecule has 0 bridgehead atoms. The van der Waals surface area contributed by atoms with Crippen LogP contribution in [-0.2, 0) is 19.9 Å². The average Bonchev–Trinajstić information content (AvgIpc) is 2.83. The minimum atomic E-state index is 0.0995. The van der Waals surface area contributed by atoms with Gasteiger partial charge in [-0.1, -0.05) is 35.9 Å². The first-order valence-corrected chi connectivity index (χ1v) is 6.97. The molecule has 1 aromatic carbocycles. The summed E-state index contributed by atoms with van der Waals surface area (Å²) in [4.78, 5) is 0. The number of fused-ring (bicyclic) bond motifs is 1. The van der Waals surface area contributed by atoms with Crippen molar-refractivity contribution in [3.8, 4) is 0 Å². The Balaban J connectivity index is 1.87. The summed E-state index contributed by atoms with van der Waals surface area (Å²) in [6.07, 6.45) is 1.91. The second kappa shape index (κ2) is 4.66. The van der Waals surface area contributed by atoms with E-state index in [0.29, 0.717) is 5.92 Å². The van der Waals surface area contributed by atoms with E-state index in [1.54, 1.807) is 0 Å². The van der Waals surface area contributed by atoms with E-state index in [1.807, 2.05) is 18.7 Å². The smallest absolute Gasteiger partial charge is 0.0847 e. The topological polar surface area (TPSA) is 43.8 Å². The van der Waals surface area contributed by atoms with Gasteiger partial charge in [0, 0.05) is 13.1 Å². The van der Waals surface area contributed by atoms with E-state index < -0.39 is 0 Å². The number of hydrogen-bond acceptors (Lipinski definition) is 2. The second-order valence-electron chi connectivity index (χ2n) is 5.36. The summed E-state index contributed by atoms with van der Waals surface area (Å²) in [5.74, 6) is 0.407. The first-order chi connectivity index (χ1) is 9.08. The maximum absolute atomic E-state index is 6.37. The minimum Gasteiger partial charge on any atom is -0.324 e. The molecule has 2 aromatic rings. The molecule has 2 N–H and O–H groups in total. The van der Waals surface area contributed by atoms with E-state index >= 15 is 0 Å². The van der Waals surface area contributed by atoms with Crippen LogP contribution in [0.4, 0.5) is 0 Å². The van der Waals surface area contributed by atoms with Crippen LogP contribution in [0.25, 0.3) is 0 Å². The Morgan fingerprint density at radius 1 is 1.42 bits per heavy atom. The Kier molecular flexibility index (Phi) is 3.11. The van der Waals surface area contributed by atoms with E-state index in [-0.39, 0.29) is 6.04 Å². The van der Waals surface area contributed by atoms with Crippen molar-refractivity contribution in [1.29, 1.82) is 0 Å². The quantitative estimate of drug-likeness (QED) is 0.916. The molecule has 1 aliphatic rings. The summed E-state index contributed by atoms with van der Waals surface area (Å²) in [5.41, 5.74) is 11.0. The fourth-order valence-electron chi connectivity index (χ4n) is 3.06. The third kappa shape index (κ3) is 2.07. The van der Waals surface area contributed by atoms with Crippen LogP contribution in [-0.4, -0.2) is 9.78 Å².